The molecule has 0 unspecified atom stereocenters. The number of nitrogens with zero attached hydrogens (tertiary/aromatic N) is 1. The van der Waals surface area contributed by atoms with E-state index in [4.69, 9.17) is 0 Å². The molecule has 2 aromatic rings. The third-order valence-corrected chi connectivity index (χ3v) is 5.12. The molecule has 2 heterocycles. The molecule has 1 fully saturated rings. The second-order valence-corrected chi connectivity index (χ2v) is 6.42. The van der Waals surface area contributed by atoms with E-state index in [1.165, 1.54) is 43.0 Å². The molecule has 1 spiro atoms. The van der Waals surface area contributed by atoms with Gasteiger partial charge in [0.25, 0.3) is 0 Å². The highest BCUT2D eigenvalue weighted by Gasteiger charge is 2.41. The quantitative estimate of drug-likeness (QED) is 0.836. The Labute approximate surface area is 124 Å². The maximum absolute atomic E-state index is 13.3. The van der Waals surface area contributed by atoms with E-state index < -0.39 is 0 Å². The number of halogens is 1. The molecule has 0 saturated heterocycles. The summed E-state index contributed by atoms with van der Waals surface area (Å²) in [5.74, 6) is -0.189. The lowest BCUT2D eigenvalue weighted by Crippen LogP contribution is -2.24. The Morgan fingerprint density at radius 3 is 2.76 bits per heavy atom. The second kappa shape index (κ2) is 4.55. The van der Waals surface area contributed by atoms with Crippen LogP contribution in [0, 0.1) is 12.7 Å². The van der Waals surface area contributed by atoms with Gasteiger partial charge in [-0.3, -0.25) is 4.98 Å². The van der Waals surface area contributed by atoms with Crippen molar-refractivity contribution in [2.75, 3.05) is 11.9 Å². The zero-order valence-corrected chi connectivity index (χ0v) is 12.2. The van der Waals surface area contributed by atoms with Gasteiger partial charge < -0.3 is 5.32 Å². The number of aryl methyl sites for hydroxylation is 1. The fourth-order valence-corrected chi connectivity index (χ4v) is 3.95. The lowest BCUT2D eigenvalue weighted by Gasteiger charge is -2.23. The van der Waals surface area contributed by atoms with Gasteiger partial charge in [0.1, 0.15) is 5.82 Å². The lowest BCUT2D eigenvalue weighted by atomic mass is 9.80. The Bertz CT molecular complexity index is 702. The highest BCUT2D eigenvalue weighted by molar-refractivity contribution is 5.70. The van der Waals surface area contributed by atoms with Gasteiger partial charge >= 0.3 is 0 Å². The summed E-state index contributed by atoms with van der Waals surface area (Å²) in [7, 11) is 0. The fourth-order valence-electron chi connectivity index (χ4n) is 3.95. The van der Waals surface area contributed by atoms with Gasteiger partial charge in [-0.2, -0.15) is 0 Å². The van der Waals surface area contributed by atoms with Crippen LogP contribution in [0.15, 0.2) is 30.5 Å². The normalized spacial score (nSPS) is 18.8. The van der Waals surface area contributed by atoms with Crippen molar-refractivity contribution in [3.05, 3.63) is 47.4 Å². The van der Waals surface area contributed by atoms with Crippen LogP contribution in [0.5, 0.6) is 0 Å². The van der Waals surface area contributed by atoms with E-state index in [9.17, 15) is 4.39 Å². The smallest absolute Gasteiger partial charge is 0.123 e. The largest absolute Gasteiger partial charge is 0.383 e. The molecule has 1 aliphatic carbocycles. The van der Waals surface area contributed by atoms with Crippen LogP contribution in [0.1, 0.15) is 36.8 Å². The standard InChI is InChI=1S/C18H19FN2/c1-12-8-13(19)4-5-14(12)16-9-15-17(10-20-16)21-11-18(15)6-2-3-7-18/h4-5,8-10,21H,2-3,6-7,11H2,1H3. The van der Waals surface area contributed by atoms with Crippen molar-refractivity contribution >= 4 is 5.69 Å². The van der Waals surface area contributed by atoms with Crippen LogP contribution in [0.4, 0.5) is 10.1 Å². The lowest BCUT2D eigenvalue weighted by molar-refractivity contribution is 0.489. The number of pyridine rings is 1. The summed E-state index contributed by atoms with van der Waals surface area (Å²) in [4.78, 5) is 4.58. The molecular weight excluding hydrogens is 263 g/mol. The summed E-state index contributed by atoms with van der Waals surface area (Å²) in [5, 5.41) is 3.51. The van der Waals surface area contributed by atoms with Crippen LogP contribution in [-0.2, 0) is 5.41 Å². The predicted octanol–water partition coefficient (Wildman–Crippen LogP) is 4.43. The Morgan fingerprint density at radius 1 is 1.19 bits per heavy atom. The average Bonchev–Trinajstić information content (AvgIpc) is 3.08. The van der Waals surface area contributed by atoms with Crippen molar-refractivity contribution in [1.82, 2.24) is 4.98 Å². The van der Waals surface area contributed by atoms with Crippen molar-refractivity contribution in [1.29, 1.82) is 0 Å². The van der Waals surface area contributed by atoms with Crippen LogP contribution >= 0.6 is 0 Å². The van der Waals surface area contributed by atoms with E-state index in [2.05, 4.69) is 16.4 Å². The molecule has 0 atom stereocenters. The first kappa shape index (κ1) is 12.8. The molecular formula is C18H19FN2. The molecule has 0 amide bonds. The molecule has 4 rings (SSSR count). The zero-order valence-electron chi connectivity index (χ0n) is 12.2. The maximum Gasteiger partial charge on any atom is 0.123 e. The monoisotopic (exact) mass is 282 g/mol. The van der Waals surface area contributed by atoms with Gasteiger partial charge in [-0.1, -0.05) is 12.8 Å². The van der Waals surface area contributed by atoms with Crippen molar-refractivity contribution in [3.63, 3.8) is 0 Å². The van der Waals surface area contributed by atoms with E-state index in [-0.39, 0.29) is 5.82 Å². The minimum atomic E-state index is -0.189. The van der Waals surface area contributed by atoms with Crippen molar-refractivity contribution in [3.8, 4) is 11.3 Å². The summed E-state index contributed by atoms with van der Waals surface area (Å²) in [6.45, 7) is 2.98. The highest BCUT2D eigenvalue weighted by atomic mass is 19.1. The minimum absolute atomic E-state index is 0.189. The van der Waals surface area contributed by atoms with E-state index in [0.717, 1.165) is 23.4 Å². The van der Waals surface area contributed by atoms with E-state index in [1.807, 2.05) is 19.2 Å². The molecule has 1 aromatic heterocycles. The molecule has 2 nitrogen and oxygen atoms in total. The summed E-state index contributed by atoms with van der Waals surface area (Å²) in [6, 6.07) is 7.15. The van der Waals surface area contributed by atoms with Crippen LogP contribution in [0.3, 0.4) is 0 Å². The molecule has 2 aliphatic rings. The van der Waals surface area contributed by atoms with Gasteiger partial charge in [0.05, 0.1) is 17.6 Å². The molecule has 0 bridgehead atoms. The van der Waals surface area contributed by atoms with Crippen molar-refractivity contribution in [2.24, 2.45) is 0 Å². The summed E-state index contributed by atoms with van der Waals surface area (Å²) < 4.78 is 13.3. The Kier molecular flexibility index (Phi) is 2.78. The van der Waals surface area contributed by atoms with Crippen LogP contribution in [0.2, 0.25) is 0 Å². The van der Waals surface area contributed by atoms with Gasteiger partial charge in [0.2, 0.25) is 0 Å². The first-order valence-electron chi connectivity index (χ1n) is 7.69. The van der Waals surface area contributed by atoms with E-state index >= 15 is 0 Å². The molecule has 1 saturated carbocycles. The van der Waals surface area contributed by atoms with Gasteiger partial charge in [0, 0.05) is 17.5 Å². The predicted molar refractivity (Wildman–Crippen MR) is 83.0 cm³/mol. The van der Waals surface area contributed by atoms with Crippen molar-refractivity contribution in [2.45, 2.75) is 38.0 Å². The Balaban J connectivity index is 1.82. The summed E-state index contributed by atoms with van der Waals surface area (Å²) in [6.07, 6.45) is 7.10. The number of nitrogens with one attached hydrogen (secondary N) is 1. The first-order valence-corrected chi connectivity index (χ1v) is 7.69. The number of benzene rings is 1. The van der Waals surface area contributed by atoms with E-state index in [1.54, 1.807) is 6.07 Å². The summed E-state index contributed by atoms with van der Waals surface area (Å²) >= 11 is 0. The van der Waals surface area contributed by atoms with Crippen LogP contribution in [0.25, 0.3) is 11.3 Å². The van der Waals surface area contributed by atoms with E-state index in [0.29, 0.717) is 5.41 Å². The Morgan fingerprint density at radius 2 is 2.00 bits per heavy atom. The number of rotatable bonds is 1. The molecule has 0 radical (unpaired) electrons. The highest BCUT2D eigenvalue weighted by Crippen LogP contribution is 2.48. The number of hydrogen-bond acceptors (Lipinski definition) is 2. The minimum Gasteiger partial charge on any atom is -0.383 e. The zero-order chi connectivity index (χ0) is 14.4. The molecule has 3 heteroatoms. The summed E-state index contributed by atoms with van der Waals surface area (Å²) in [5.41, 5.74) is 5.82. The number of anilines is 1. The number of fused-ring (bicyclic) bond motifs is 2. The first-order chi connectivity index (χ1) is 10.2. The average molecular weight is 282 g/mol. The van der Waals surface area contributed by atoms with Gasteiger partial charge in [-0.05, 0) is 55.2 Å². The third-order valence-electron chi connectivity index (χ3n) is 5.12. The van der Waals surface area contributed by atoms with Gasteiger partial charge in [-0.15, -0.1) is 0 Å². The van der Waals surface area contributed by atoms with Gasteiger partial charge in [-0.25, -0.2) is 4.39 Å². The maximum atomic E-state index is 13.3. The number of hydrogen-bond donors (Lipinski definition) is 1. The molecule has 1 N–H and O–H groups in total. The topological polar surface area (TPSA) is 24.9 Å². The van der Waals surface area contributed by atoms with Crippen LogP contribution < -0.4 is 5.32 Å². The number of aromatic nitrogens is 1. The SMILES string of the molecule is Cc1cc(F)ccc1-c1cc2c(cn1)NCC21CCCC1. The third kappa shape index (κ3) is 1.95. The van der Waals surface area contributed by atoms with Crippen molar-refractivity contribution < 1.29 is 4.39 Å². The molecule has 108 valence electrons. The second-order valence-electron chi connectivity index (χ2n) is 6.42. The fraction of sp³-hybridized carbons (Fsp3) is 0.389. The molecule has 1 aliphatic heterocycles. The molecule has 1 aromatic carbocycles. The van der Waals surface area contributed by atoms with Crippen LogP contribution in [-0.4, -0.2) is 11.5 Å². The van der Waals surface area contributed by atoms with Gasteiger partial charge in [0.15, 0.2) is 0 Å². The Hall–Kier alpha value is -1.90. The molecule has 21 heavy (non-hydrogen) atoms.